The molecule has 1 amide bonds. The molecule has 1 unspecified atom stereocenters. The number of carbonyl (C=O) groups excluding carboxylic acids is 1. The zero-order chi connectivity index (χ0) is 12.1. The number of likely N-dealkylation sites (tertiary alicyclic amines) is 1. The summed E-state index contributed by atoms with van der Waals surface area (Å²) in [6.45, 7) is 5.71. The Morgan fingerprint density at radius 2 is 1.93 bits per heavy atom. The van der Waals surface area contributed by atoms with E-state index in [1.165, 1.54) is 0 Å². The maximum Gasteiger partial charge on any atom is 0.408 e. The molecule has 1 heterocycles. The molecule has 1 aliphatic heterocycles. The van der Waals surface area contributed by atoms with Gasteiger partial charge in [-0.25, -0.2) is 0 Å². The van der Waals surface area contributed by atoms with Gasteiger partial charge < -0.3 is 4.90 Å². The molecular formula is C10H18F3NO. The van der Waals surface area contributed by atoms with Gasteiger partial charge >= 0.3 is 6.18 Å². The Balaban J connectivity index is 0.000000921. The van der Waals surface area contributed by atoms with Crippen molar-refractivity contribution in [1.29, 1.82) is 0 Å². The van der Waals surface area contributed by atoms with Crippen molar-refractivity contribution in [3.8, 4) is 0 Å². The van der Waals surface area contributed by atoms with Gasteiger partial charge in [-0.1, -0.05) is 13.8 Å². The number of halogens is 3. The first kappa shape index (κ1) is 14.3. The van der Waals surface area contributed by atoms with Crippen LogP contribution in [0.3, 0.4) is 0 Å². The standard InChI is InChI=1S/C8H12F3NO.C2H6/c1-2-12-6(8(9,10)11)4-3-5-7(12)13;1-2/h6H,2-5H2,1H3;1-2H3. The van der Waals surface area contributed by atoms with Crippen LogP contribution < -0.4 is 0 Å². The van der Waals surface area contributed by atoms with E-state index in [9.17, 15) is 18.0 Å². The van der Waals surface area contributed by atoms with E-state index in [1.807, 2.05) is 13.8 Å². The first-order valence-electron chi connectivity index (χ1n) is 5.33. The van der Waals surface area contributed by atoms with Crippen molar-refractivity contribution < 1.29 is 18.0 Å². The SMILES string of the molecule is CC.CCN1C(=O)CCCC1C(F)(F)F. The normalized spacial score (nSPS) is 22.1. The van der Waals surface area contributed by atoms with Crippen LogP contribution in [0.15, 0.2) is 0 Å². The van der Waals surface area contributed by atoms with Crippen molar-refractivity contribution in [2.24, 2.45) is 0 Å². The van der Waals surface area contributed by atoms with Crippen molar-refractivity contribution >= 4 is 5.91 Å². The molecule has 1 rings (SSSR count). The third kappa shape index (κ3) is 3.72. The predicted octanol–water partition coefficient (Wildman–Crippen LogP) is 2.98. The van der Waals surface area contributed by atoms with Crippen LogP contribution in [-0.2, 0) is 4.79 Å². The second-order valence-corrected chi connectivity index (χ2v) is 3.13. The molecule has 0 spiro atoms. The van der Waals surface area contributed by atoms with E-state index in [0.29, 0.717) is 6.42 Å². The maximum atomic E-state index is 12.4. The third-order valence-electron chi connectivity index (χ3n) is 2.28. The zero-order valence-corrected chi connectivity index (χ0v) is 9.40. The molecule has 5 heteroatoms. The van der Waals surface area contributed by atoms with Gasteiger partial charge in [0.15, 0.2) is 0 Å². The summed E-state index contributed by atoms with van der Waals surface area (Å²) in [5.41, 5.74) is 0. The first-order valence-corrected chi connectivity index (χ1v) is 5.33. The molecule has 0 N–H and O–H groups in total. The summed E-state index contributed by atoms with van der Waals surface area (Å²) in [5, 5.41) is 0. The Morgan fingerprint density at radius 1 is 1.40 bits per heavy atom. The van der Waals surface area contributed by atoms with E-state index in [1.54, 1.807) is 6.92 Å². The lowest BCUT2D eigenvalue weighted by atomic mass is 10.0. The molecule has 0 radical (unpaired) electrons. The summed E-state index contributed by atoms with van der Waals surface area (Å²) in [6, 6.07) is -1.56. The van der Waals surface area contributed by atoms with Crippen LogP contribution in [0.4, 0.5) is 13.2 Å². The van der Waals surface area contributed by atoms with Gasteiger partial charge in [-0.05, 0) is 19.8 Å². The molecule has 2 nitrogen and oxygen atoms in total. The Hall–Kier alpha value is -0.740. The summed E-state index contributed by atoms with van der Waals surface area (Å²) in [4.78, 5) is 12.0. The van der Waals surface area contributed by atoms with Crippen LogP contribution in [-0.4, -0.2) is 29.6 Å². The number of amides is 1. The maximum absolute atomic E-state index is 12.4. The molecule has 15 heavy (non-hydrogen) atoms. The van der Waals surface area contributed by atoms with Gasteiger partial charge in [-0.2, -0.15) is 13.2 Å². The van der Waals surface area contributed by atoms with E-state index in [0.717, 1.165) is 4.90 Å². The molecule has 0 aromatic heterocycles. The molecule has 1 aliphatic rings. The number of alkyl halides is 3. The van der Waals surface area contributed by atoms with Crippen LogP contribution in [0.5, 0.6) is 0 Å². The quantitative estimate of drug-likeness (QED) is 0.671. The highest BCUT2D eigenvalue weighted by molar-refractivity contribution is 5.77. The predicted molar refractivity (Wildman–Crippen MR) is 52.4 cm³/mol. The van der Waals surface area contributed by atoms with Gasteiger partial charge in [-0.3, -0.25) is 4.79 Å². The fourth-order valence-electron chi connectivity index (χ4n) is 1.66. The lowest BCUT2D eigenvalue weighted by Gasteiger charge is -2.35. The highest BCUT2D eigenvalue weighted by atomic mass is 19.4. The van der Waals surface area contributed by atoms with Gasteiger partial charge in [0.1, 0.15) is 6.04 Å². The Morgan fingerprint density at radius 3 is 2.27 bits per heavy atom. The van der Waals surface area contributed by atoms with Gasteiger partial charge in [0.25, 0.3) is 0 Å². The average Bonchev–Trinajstić information content (AvgIpc) is 2.19. The van der Waals surface area contributed by atoms with Crippen LogP contribution in [0, 0.1) is 0 Å². The highest BCUT2D eigenvalue weighted by Crippen LogP contribution is 2.31. The van der Waals surface area contributed by atoms with Gasteiger partial charge in [0, 0.05) is 13.0 Å². The second kappa shape index (κ2) is 5.98. The first-order chi connectivity index (χ1) is 6.96. The lowest BCUT2D eigenvalue weighted by molar-refractivity contribution is -0.195. The van der Waals surface area contributed by atoms with Crippen LogP contribution >= 0.6 is 0 Å². The van der Waals surface area contributed by atoms with Gasteiger partial charge in [-0.15, -0.1) is 0 Å². The molecule has 1 saturated heterocycles. The van der Waals surface area contributed by atoms with E-state index in [2.05, 4.69) is 0 Å². The monoisotopic (exact) mass is 225 g/mol. The van der Waals surface area contributed by atoms with E-state index >= 15 is 0 Å². The van der Waals surface area contributed by atoms with Crippen molar-refractivity contribution in [1.82, 2.24) is 4.90 Å². The number of hydrogen-bond donors (Lipinski definition) is 0. The van der Waals surface area contributed by atoms with Crippen molar-refractivity contribution in [2.45, 2.75) is 52.3 Å². The largest absolute Gasteiger partial charge is 0.408 e. The molecule has 0 bridgehead atoms. The Bertz CT molecular complexity index is 203. The summed E-state index contributed by atoms with van der Waals surface area (Å²) < 4.78 is 37.1. The molecule has 0 aromatic rings. The molecule has 90 valence electrons. The summed E-state index contributed by atoms with van der Waals surface area (Å²) in [5.74, 6) is -0.379. The molecule has 1 fully saturated rings. The number of carbonyl (C=O) groups is 1. The summed E-state index contributed by atoms with van der Waals surface area (Å²) in [7, 11) is 0. The van der Waals surface area contributed by atoms with Crippen LogP contribution in [0.2, 0.25) is 0 Å². The number of piperidine rings is 1. The minimum absolute atomic E-state index is 0.0447. The molecule has 1 atom stereocenters. The Kier molecular flexibility index (Phi) is 5.68. The van der Waals surface area contributed by atoms with Gasteiger partial charge in [0.2, 0.25) is 5.91 Å². The number of nitrogens with zero attached hydrogens (tertiary/aromatic N) is 1. The van der Waals surface area contributed by atoms with Crippen molar-refractivity contribution in [3.05, 3.63) is 0 Å². The molecule has 0 aliphatic carbocycles. The van der Waals surface area contributed by atoms with Crippen LogP contribution in [0.1, 0.15) is 40.0 Å². The number of hydrogen-bond acceptors (Lipinski definition) is 1. The van der Waals surface area contributed by atoms with E-state index in [4.69, 9.17) is 0 Å². The lowest BCUT2D eigenvalue weighted by Crippen LogP contribution is -2.51. The van der Waals surface area contributed by atoms with Crippen molar-refractivity contribution in [3.63, 3.8) is 0 Å². The smallest absolute Gasteiger partial charge is 0.331 e. The highest BCUT2D eigenvalue weighted by Gasteiger charge is 2.46. The molecular weight excluding hydrogens is 207 g/mol. The van der Waals surface area contributed by atoms with Crippen LogP contribution in [0.25, 0.3) is 0 Å². The Labute approximate surface area is 88.4 Å². The van der Waals surface area contributed by atoms with E-state index in [-0.39, 0.29) is 25.3 Å². The molecule has 0 saturated carbocycles. The van der Waals surface area contributed by atoms with Crippen molar-refractivity contribution in [2.75, 3.05) is 6.54 Å². The number of rotatable bonds is 1. The zero-order valence-electron chi connectivity index (χ0n) is 9.40. The third-order valence-corrected chi connectivity index (χ3v) is 2.28. The fraction of sp³-hybridized carbons (Fsp3) is 0.900. The minimum Gasteiger partial charge on any atom is -0.331 e. The van der Waals surface area contributed by atoms with Gasteiger partial charge in [0.05, 0.1) is 0 Å². The average molecular weight is 225 g/mol. The topological polar surface area (TPSA) is 20.3 Å². The fourth-order valence-corrected chi connectivity index (χ4v) is 1.66. The summed E-state index contributed by atoms with van der Waals surface area (Å²) in [6.07, 6.45) is -3.63. The summed E-state index contributed by atoms with van der Waals surface area (Å²) >= 11 is 0. The minimum atomic E-state index is -4.27. The van der Waals surface area contributed by atoms with E-state index < -0.39 is 12.2 Å². The second-order valence-electron chi connectivity index (χ2n) is 3.13. The molecule has 0 aromatic carbocycles.